The molecule has 0 radical (unpaired) electrons. The molecule has 4 rings (SSSR count). The van der Waals surface area contributed by atoms with Crippen LogP contribution in [0.5, 0.6) is 0 Å². The molecule has 1 saturated heterocycles. The first kappa shape index (κ1) is 12.5. The summed E-state index contributed by atoms with van der Waals surface area (Å²) in [6.45, 7) is 1.68. The molecule has 2 fully saturated rings. The van der Waals surface area contributed by atoms with Crippen LogP contribution in [-0.2, 0) is 10.2 Å². The molecule has 1 aliphatic carbocycles. The predicted octanol–water partition coefficient (Wildman–Crippen LogP) is 4.12. The second kappa shape index (κ2) is 4.97. The molecule has 1 aliphatic heterocycles. The number of thiazole rings is 1. The van der Waals surface area contributed by atoms with Crippen molar-refractivity contribution in [3.63, 3.8) is 0 Å². The Morgan fingerprint density at radius 1 is 1.10 bits per heavy atom. The van der Waals surface area contributed by atoms with Crippen molar-refractivity contribution < 1.29 is 4.74 Å². The lowest BCUT2D eigenvalue weighted by Gasteiger charge is -2.36. The summed E-state index contributed by atoms with van der Waals surface area (Å²) >= 11 is 1.85. The van der Waals surface area contributed by atoms with Crippen LogP contribution in [0.4, 0.5) is 0 Å². The summed E-state index contributed by atoms with van der Waals surface area (Å²) < 4.78 is 5.61. The minimum Gasteiger partial charge on any atom is -0.381 e. The average molecular weight is 285 g/mol. The third-order valence-electron chi connectivity index (χ3n) is 4.60. The fraction of sp³-hybridized carbons (Fsp3) is 0.471. The van der Waals surface area contributed by atoms with Gasteiger partial charge in [-0.2, -0.15) is 0 Å². The smallest absolute Gasteiger partial charge is 0.104 e. The molecule has 0 bridgehead atoms. The predicted molar refractivity (Wildman–Crippen MR) is 81.4 cm³/mol. The standard InChI is InChI=1S/C17H19NOS/c1-2-4-14(5-3-1)17(8-10-19-11-9-17)16-18-15(12-20-16)13-6-7-13/h1-5,12-13H,6-11H2. The summed E-state index contributed by atoms with van der Waals surface area (Å²) in [6, 6.07) is 10.9. The van der Waals surface area contributed by atoms with E-state index in [4.69, 9.17) is 9.72 Å². The molecule has 0 N–H and O–H groups in total. The van der Waals surface area contributed by atoms with Gasteiger partial charge in [0, 0.05) is 24.5 Å². The highest BCUT2D eigenvalue weighted by atomic mass is 32.1. The van der Waals surface area contributed by atoms with Gasteiger partial charge in [-0.3, -0.25) is 0 Å². The van der Waals surface area contributed by atoms with Gasteiger partial charge >= 0.3 is 0 Å². The normalized spacial score (nSPS) is 21.8. The van der Waals surface area contributed by atoms with Crippen LogP contribution < -0.4 is 0 Å². The highest BCUT2D eigenvalue weighted by Crippen LogP contribution is 2.46. The molecule has 1 aromatic carbocycles. The van der Waals surface area contributed by atoms with Crippen LogP contribution in [0.15, 0.2) is 35.7 Å². The first-order valence-corrected chi connectivity index (χ1v) is 8.36. The molecule has 0 amide bonds. The molecule has 2 aromatic rings. The maximum Gasteiger partial charge on any atom is 0.104 e. The molecule has 2 nitrogen and oxygen atoms in total. The Balaban J connectivity index is 1.77. The van der Waals surface area contributed by atoms with Crippen molar-refractivity contribution in [3.8, 4) is 0 Å². The van der Waals surface area contributed by atoms with Crippen LogP contribution in [0.25, 0.3) is 0 Å². The molecular weight excluding hydrogens is 266 g/mol. The average Bonchev–Trinajstić information content (AvgIpc) is 3.26. The number of hydrogen-bond acceptors (Lipinski definition) is 3. The number of benzene rings is 1. The van der Waals surface area contributed by atoms with E-state index in [2.05, 4.69) is 35.7 Å². The van der Waals surface area contributed by atoms with Gasteiger partial charge in [0.15, 0.2) is 0 Å². The maximum absolute atomic E-state index is 5.61. The number of nitrogens with zero attached hydrogens (tertiary/aromatic N) is 1. The van der Waals surface area contributed by atoms with Crippen molar-refractivity contribution in [1.82, 2.24) is 4.98 Å². The minimum atomic E-state index is 0.0807. The van der Waals surface area contributed by atoms with E-state index in [1.165, 1.54) is 29.1 Å². The van der Waals surface area contributed by atoms with E-state index >= 15 is 0 Å². The van der Waals surface area contributed by atoms with Crippen molar-refractivity contribution in [2.24, 2.45) is 0 Å². The zero-order valence-electron chi connectivity index (χ0n) is 11.5. The van der Waals surface area contributed by atoms with Crippen molar-refractivity contribution in [2.75, 3.05) is 13.2 Å². The lowest BCUT2D eigenvalue weighted by molar-refractivity contribution is 0.0630. The van der Waals surface area contributed by atoms with E-state index in [9.17, 15) is 0 Å². The van der Waals surface area contributed by atoms with Crippen molar-refractivity contribution >= 4 is 11.3 Å². The third kappa shape index (κ3) is 2.09. The third-order valence-corrected chi connectivity index (χ3v) is 5.66. The topological polar surface area (TPSA) is 22.1 Å². The van der Waals surface area contributed by atoms with E-state index < -0.39 is 0 Å². The zero-order valence-corrected chi connectivity index (χ0v) is 12.4. The summed E-state index contributed by atoms with van der Waals surface area (Å²) in [4.78, 5) is 5.01. The Morgan fingerprint density at radius 2 is 1.85 bits per heavy atom. The van der Waals surface area contributed by atoms with Gasteiger partial charge < -0.3 is 4.74 Å². The maximum atomic E-state index is 5.61. The quantitative estimate of drug-likeness (QED) is 0.846. The largest absolute Gasteiger partial charge is 0.381 e. The van der Waals surface area contributed by atoms with Gasteiger partial charge in [0.05, 0.1) is 11.1 Å². The van der Waals surface area contributed by atoms with Gasteiger partial charge in [-0.05, 0) is 31.2 Å². The molecule has 104 valence electrons. The van der Waals surface area contributed by atoms with Crippen molar-refractivity contribution in [1.29, 1.82) is 0 Å². The first-order chi connectivity index (χ1) is 9.88. The van der Waals surface area contributed by atoms with Gasteiger partial charge in [-0.15, -0.1) is 11.3 Å². The van der Waals surface area contributed by atoms with E-state index in [-0.39, 0.29) is 5.41 Å². The molecule has 1 aromatic heterocycles. The Kier molecular flexibility index (Phi) is 3.12. The molecular formula is C17H19NOS. The Bertz CT molecular complexity index is 582. The second-order valence-electron chi connectivity index (χ2n) is 5.91. The van der Waals surface area contributed by atoms with Crippen LogP contribution in [-0.4, -0.2) is 18.2 Å². The molecule has 0 atom stereocenters. The van der Waals surface area contributed by atoms with Gasteiger partial charge in [-0.25, -0.2) is 4.98 Å². The Labute approximate surface area is 123 Å². The molecule has 2 aliphatic rings. The molecule has 2 heterocycles. The fourth-order valence-electron chi connectivity index (χ4n) is 3.18. The highest BCUT2D eigenvalue weighted by Gasteiger charge is 2.39. The monoisotopic (exact) mass is 285 g/mol. The van der Waals surface area contributed by atoms with Crippen molar-refractivity contribution in [3.05, 3.63) is 52.0 Å². The first-order valence-electron chi connectivity index (χ1n) is 7.48. The molecule has 0 spiro atoms. The van der Waals surface area contributed by atoms with Crippen LogP contribution in [0.1, 0.15) is 47.9 Å². The summed E-state index contributed by atoms with van der Waals surface area (Å²) in [6.07, 6.45) is 4.75. The molecule has 3 heteroatoms. The number of ether oxygens (including phenoxy) is 1. The molecule has 20 heavy (non-hydrogen) atoms. The lowest BCUT2D eigenvalue weighted by atomic mass is 9.74. The molecule has 1 saturated carbocycles. The van der Waals surface area contributed by atoms with Gasteiger partial charge in [0.2, 0.25) is 0 Å². The fourth-order valence-corrected chi connectivity index (χ4v) is 4.36. The summed E-state index contributed by atoms with van der Waals surface area (Å²) in [5.74, 6) is 0.743. The summed E-state index contributed by atoms with van der Waals surface area (Å²) in [5.41, 5.74) is 2.81. The number of hydrogen-bond donors (Lipinski definition) is 0. The second-order valence-corrected chi connectivity index (χ2v) is 6.77. The van der Waals surface area contributed by atoms with E-state index in [0.717, 1.165) is 32.0 Å². The lowest BCUT2D eigenvalue weighted by Crippen LogP contribution is -2.35. The van der Waals surface area contributed by atoms with Crippen LogP contribution >= 0.6 is 11.3 Å². The SMILES string of the molecule is c1ccc(C2(c3nc(C4CC4)cs3)CCOCC2)cc1. The number of aromatic nitrogens is 1. The van der Waals surface area contributed by atoms with Crippen LogP contribution in [0, 0.1) is 0 Å². The van der Waals surface area contributed by atoms with E-state index in [0.29, 0.717) is 0 Å². The highest BCUT2D eigenvalue weighted by molar-refractivity contribution is 7.09. The van der Waals surface area contributed by atoms with Gasteiger partial charge in [0.1, 0.15) is 5.01 Å². The Morgan fingerprint density at radius 3 is 2.55 bits per heavy atom. The minimum absolute atomic E-state index is 0.0807. The molecule has 0 unspecified atom stereocenters. The zero-order chi connectivity index (χ0) is 13.4. The van der Waals surface area contributed by atoms with Gasteiger partial charge in [0.25, 0.3) is 0 Å². The van der Waals surface area contributed by atoms with Crippen molar-refractivity contribution in [2.45, 2.75) is 37.0 Å². The summed E-state index contributed by atoms with van der Waals surface area (Å²) in [5, 5.41) is 3.58. The van der Waals surface area contributed by atoms with E-state index in [1.807, 2.05) is 11.3 Å². The summed E-state index contributed by atoms with van der Waals surface area (Å²) in [7, 11) is 0. The Hall–Kier alpha value is -1.19. The van der Waals surface area contributed by atoms with E-state index in [1.54, 1.807) is 0 Å². The van der Waals surface area contributed by atoms with Crippen LogP contribution in [0.2, 0.25) is 0 Å². The van der Waals surface area contributed by atoms with Crippen LogP contribution in [0.3, 0.4) is 0 Å². The van der Waals surface area contributed by atoms with Gasteiger partial charge in [-0.1, -0.05) is 30.3 Å². The number of rotatable bonds is 3.